The smallest absolute Gasteiger partial charge is 0.213 e. The van der Waals surface area contributed by atoms with E-state index in [0.717, 1.165) is 48.3 Å². The molecule has 0 unspecified atom stereocenters. The highest BCUT2D eigenvalue weighted by Gasteiger charge is 2.18. The first-order chi connectivity index (χ1) is 17.4. The summed E-state index contributed by atoms with van der Waals surface area (Å²) in [5.74, 6) is 0. The van der Waals surface area contributed by atoms with Crippen LogP contribution in [0.2, 0.25) is 5.02 Å². The highest BCUT2D eigenvalue weighted by atomic mass is 127. The summed E-state index contributed by atoms with van der Waals surface area (Å²) < 4.78 is 4.19. The Hall–Kier alpha value is -2.18. The second-order valence-corrected chi connectivity index (χ2v) is 10.7. The van der Waals surface area contributed by atoms with Crippen LogP contribution in [-0.4, -0.2) is 13.6 Å². The fourth-order valence-electron chi connectivity index (χ4n) is 3.99. The van der Waals surface area contributed by atoms with Gasteiger partial charge in [0.15, 0.2) is 0 Å². The summed E-state index contributed by atoms with van der Waals surface area (Å²) in [4.78, 5) is 2.09. The Morgan fingerprint density at radius 3 is 2.22 bits per heavy atom. The Morgan fingerprint density at radius 2 is 1.57 bits per heavy atom. The van der Waals surface area contributed by atoms with Gasteiger partial charge in [-0.25, -0.2) is 0 Å². The molecule has 0 bridgehead atoms. The molecular weight excluding hydrogens is 725 g/mol. The largest absolute Gasteiger partial charge is 1.00 e. The van der Waals surface area contributed by atoms with E-state index in [9.17, 15) is 0 Å². The molecule has 0 N–H and O–H groups in total. The Balaban J connectivity index is 0.00000380. The van der Waals surface area contributed by atoms with Gasteiger partial charge in [-0.05, 0) is 65.7 Å². The lowest BCUT2D eigenvalue weighted by Crippen LogP contribution is -3.00. The van der Waals surface area contributed by atoms with Crippen LogP contribution in [0.5, 0.6) is 0 Å². The number of nitriles is 1. The molecule has 4 rings (SSSR count). The van der Waals surface area contributed by atoms with E-state index in [-0.39, 0.29) is 24.0 Å². The van der Waals surface area contributed by atoms with Gasteiger partial charge < -0.3 is 28.9 Å². The molecular formula is C30H25Br2ClIN3. The molecule has 0 aliphatic heterocycles. The predicted molar refractivity (Wildman–Crippen MR) is 158 cm³/mol. The molecule has 0 saturated heterocycles. The van der Waals surface area contributed by atoms with Crippen molar-refractivity contribution in [3.63, 3.8) is 0 Å². The van der Waals surface area contributed by atoms with E-state index < -0.39 is 0 Å². The highest BCUT2D eigenvalue weighted by molar-refractivity contribution is 9.10. The normalized spacial score (nSPS) is 10.7. The maximum absolute atomic E-state index is 8.83. The molecule has 37 heavy (non-hydrogen) atoms. The lowest BCUT2D eigenvalue weighted by molar-refractivity contribution is -0.662. The molecule has 0 amide bonds. The number of rotatable bonds is 7. The molecule has 4 aromatic rings. The summed E-state index contributed by atoms with van der Waals surface area (Å²) in [6.07, 6.45) is 4.76. The maximum Gasteiger partial charge on any atom is 0.213 e. The first-order valence-corrected chi connectivity index (χ1v) is 13.4. The standard InChI is InChI=1S/C30H25Br2ClN3.HI/c1-35(17-3-16-34)26-12-4-21(5-13-26)6-14-27-18-23(28-15-11-25(32)20-29(28)33)19-30(36(27)2)22-7-9-24(31)10-8-22;/h4-15,18-20H,3,17H2,1-2H3;1H/q+1;/p-1. The minimum atomic E-state index is 0. The van der Waals surface area contributed by atoms with Crippen molar-refractivity contribution < 1.29 is 28.5 Å². The van der Waals surface area contributed by atoms with Crippen molar-refractivity contribution in [2.24, 2.45) is 7.05 Å². The number of hydrogen-bond acceptors (Lipinski definition) is 2. The van der Waals surface area contributed by atoms with Crippen LogP contribution < -0.4 is 33.4 Å². The summed E-state index contributed by atoms with van der Waals surface area (Å²) in [6, 6.07) is 29.2. The number of hydrogen-bond donors (Lipinski definition) is 0. The topological polar surface area (TPSA) is 30.9 Å². The van der Waals surface area contributed by atoms with E-state index in [1.165, 1.54) is 0 Å². The predicted octanol–water partition coefficient (Wildman–Crippen LogP) is 5.55. The molecule has 7 heteroatoms. The molecule has 0 aliphatic rings. The molecule has 0 aliphatic carbocycles. The summed E-state index contributed by atoms with van der Waals surface area (Å²) in [5.41, 5.74) is 7.50. The van der Waals surface area contributed by atoms with Gasteiger partial charge in [0.25, 0.3) is 0 Å². The van der Waals surface area contributed by atoms with Gasteiger partial charge in [0.1, 0.15) is 7.05 Å². The molecule has 0 fully saturated rings. The van der Waals surface area contributed by atoms with Crippen LogP contribution >= 0.6 is 43.5 Å². The number of halogens is 4. The van der Waals surface area contributed by atoms with E-state index >= 15 is 0 Å². The first kappa shape index (κ1) is 29.4. The minimum absolute atomic E-state index is 0. The van der Waals surface area contributed by atoms with Crippen LogP contribution in [-0.2, 0) is 7.05 Å². The van der Waals surface area contributed by atoms with Crippen molar-refractivity contribution in [2.75, 3.05) is 18.5 Å². The number of pyridine rings is 1. The molecule has 0 saturated carbocycles. The molecule has 1 aromatic heterocycles. The zero-order valence-electron chi connectivity index (χ0n) is 20.4. The van der Waals surface area contributed by atoms with Gasteiger partial charge in [-0.3, -0.25) is 0 Å². The molecule has 3 nitrogen and oxygen atoms in total. The molecule has 1 heterocycles. The summed E-state index contributed by atoms with van der Waals surface area (Å²) in [5, 5.41) is 9.53. The Morgan fingerprint density at radius 1 is 0.892 bits per heavy atom. The van der Waals surface area contributed by atoms with Gasteiger partial charge in [0.2, 0.25) is 11.4 Å². The average molecular weight is 750 g/mol. The van der Waals surface area contributed by atoms with Crippen LogP contribution in [0.15, 0.2) is 87.8 Å². The molecule has 188 valence electrons. The number of nitrogens with zero attached hydrogens (tertiary/aromatic N) is 3. The average Bonchev–Trinajstić information content (AvgIpc) is 2.88. The van der Waals surface area contributed by atoms with E-state index in [2.05, 4.69) is 127 Å². The number of benzene rings is 3. The van der Waals surface area contributed by atoms with Gasteiger partial charge in [-0.2, -0.15) is 9.83 Å². The van der Waals surface area contributed by atoms with Gasteiger partial charge in [0, 0.05) is 62.6 Å². The quantitative estimate of drug-likeness (QED) is 0.184. The lowest BCUT2D eigenvalue weighted by Gasteiger charge is -2.17. The van der Waals surface area contributed by atoms with Crippen LogP contribution in [0.1, 0.15) is 17.7 Å². The molecule has 0 atom stereocenters. The Labute approximate surface area is 257 Å². The molecule has 0 radical (unpaired) electrons. The molecule has 3 aromatic carbocycles. The van der Waals surface area contributed by atoms with Crippen molar-refractivity contribution in [3.05, 3.63) is 104 Å². The maximum atomic E-state index is 8.83. The molecule has 0 spiro atoms. The zero-order valence-corrected chi connectivity index (χ0v) is 26.5. The van der Waals surface area contributed by atoms with Gasteiger partial charge in [-0.1, -0.05) is 61.7 Å². The number of anilines is 1. The summed E-state index contributed by atoms with van der Waals surface area (Å²) in [7, 11) is 4.09. The second-order valence-electron chi connectivity index (χ2n) is 8.50. The SMILES string of the molecule is CN(CCC#N)c1ccc(/C=C/c2cc(-c3ccc(Br)cc3Cl)cc(-c3ccc(Br)cc3)[n+]2C)cc1.[I-]. The van der Waals surface area contributed by atoms with Crippen LogP contribution in [0.4, 0.5) is 5.69 Å². The van der Waals surface area contributed by atoms with E-state index in [4.69, 9.17) is 16.9 Å². The van der Waals surface area contributed by atoms with Gasteiger partial charge >= 0.3 is 0 Å². The Bertz CT molecular complexity index is 1450. The van der Waals surface area contributed by atoms with Crippen LogP contribution in [0.3, 0.4) is 0 Å². The summed E-state index contributed by atoms with van der Waals surface area (Å²) >= 11 is 13.7. The van der Waals surface area contributed by atoms with E-state index in [0.29, 0.717) is 18.0 Å². The van der Waals surface area contributed by atoms with Gasteiger partial charge in [-0.15, -0.1) is 0 Å². The van der Waals surface area contributed by atoms with Gasteiger partial charge in [0.05, 0.1) is 12.5 Å². The van der Waals surface area contributed by atoms with Crippen molar-refractivity contribution in [1.82, 2.24) is 0 Å². The minimum Gasteiger partial charge on any atom is -1.00 e. The first-order valence-electron chi connectivity index (χ1n) is 11.5. The third-order valence-electron chi connectivity index (χ3n) is 6.07. The van der Waals surface area contributed by atoms with E-state index in [1.807, 2.05) is 25.2 Å². The fraction of sp³-hybridized carbons (Fsp3) is 0.133. The monoisotopic (exact) mass is 747 g/mol. The third-order valence-corrected chi connectivity index (χ3v) is 7.40. The lowest BCUT2D eigenvalue weighted by atomic mass is 10.0. The zero-order chi connectivity index (χ0) is 25.7. The highest BCUT2D eigenvalue weighted by Crippen LogP contribution is 2.33. The van der Waals surface area contributed by atoms with Crippen molar-refractivity contribution in [2.45, 2.75) is 6.42 Å². The third kappa shape index (κ3) is 7.44. The number of aromatic nitrogens is 1. The summed E-state index contributed by atoms with van der Waals surface area (Å²) in [6.45, 7) is 0.714. The van der Waals surface area contributed by atoms with Crippen molar-refractivity contribution >= 4 is 61.3 Å². The van der Waals surface area contributed by atoms with Crippen LogP contribution in [0.25, 0.3) is 34.5 Å². The van der Waals surface area contributed by atoms with Crippen molar-refractivity contribution in [1.29, 1.82) is 5.26 Å². The van der Waals surface area contributed by atoms with Crippen LogP contribution in [0, 0.1) is 11.3 Å². The fourth-order valence-corrected chi connectivity index (χ4v) is 5.03. The van der Waals surface area contributed by atoms with Crippen molar-refractivity contribution in [3.8, 4) is 28.5 Å². The Kier molecular flexibility index (Phi) is 10.8. The second kappa shape index (κ2) is 13.6. The van der Waals surface area contributed by atoms with E-state index in [1.54, 1.807) is 0 Å².